The molecule has 0 spiro atoms. The van der Waals surface area contributed by atoms with Gasteiger partial charge >= 0.3 is 0 Å². The predicted octanol–water partition coefficient (Wildman–Crippen LogP) is 9.52. The van der Waals surface area contributed by atoms with Crippen LogP contribution in [0.15, 0.2) is 0 Å². The van der Waals surface area contributed by atoms with Crippen LogP contribution in [0.1, 0.15) is 134 Å². The van der Waals surface area contributed by atoms with Crippen LogP contribution in [0.5, 0.6) is 0 Å². The lowest BCUT2D eigenvalue weighted by molar-refractivity contribution is 0.111. The highest BCUT2D eigenvalue weighted by atomic mass is 14.4. The number of hydrogen-bond acceptors (Lipinski definition) is 0. The maximum absolute atomic E-state index is 2.56. The van der Waals surface area contributed by atoms with Crippen molar-refractivity contribution in [1.29, 1.82) is 0 Å². The van der Waals surface area contributed by atoms with Gasteiger partial charge in [-0.2, -0.15) is 0 Å². The summed E-state index contributed by atoms with van der Waals surface area (Å²) < 4.78 is 0. The van der Waals surface area contributed by atoms with Crippen molar-refractivity contribution in [2.24, 2.45) is 28.6 Å². The predicted molar refractivity (Wildman–Crippen MR) is 119 cm³/mol. The average Bonchev–Trinajstić information content (AvgIpc) is 2.57. The standard InChI is InChI=1S/C18H36.C5H12.C2H6/c1-8-16(4)18(7)12-14(2)9-10-17(5,6)11-15(3)13-18;1-3-5-4-2;1-2/h14-16H,8-13H2,1-7H3;3-5H2,1-2H3;1-2H3. The van der Waals surface area contributed by atoms with Gasteiger partial charge in [0.05, 0.1) is 0 Å². The minimum atomic E-state index is 0.550. The van der Waals surface area contributed by atoms with Crippen LogP contribution in [0.3, 0.4) is 0 Å². The maximum atomic E-state index is 2.56. The fourth-order valence-electron chi connectivity index (χ4n) is 4.78. The zero-order valence-corrected chi connectivity index (χ0v) is 20.1. The van der Waals surface area contributed by atoms with Gasteiger partial charge < -0.3 is 0 Å². The summed E-state index contributed by atoms with van der Waals surface area (Å²) in [4.78, 5) is 0. The summed E-state index contributed by atoms with van der Waals surface area (Å²) in [6.07, 6.45) is 12.5. The smallest absolute Gasteiger partial charge is 0.0295 e. The Hall–Kier alpha value is 0. The van der Waals surface area contributed by atoms with E-state index in [9.17, 15) is 0 Å². The molecule has 0 saturated heterocycles. The molecule has 4 unspecified atom stereocenters. The number of rotatable bonds is 4. The second kappa shape index (κ2) is 14.1. The Morgan fingerprint density at radius 1 is 0.840 bits per heavy atom. The van der Waals surface area contributed by atoms with E-state index in [2.05, 4.69) is 62.3 Å². The highest BCUT2D eigenvalue weighted by Gasteiger charge is 2.36. The van der Waals surface area contributed by atoms with Crippen molar-refractivity contribution in [3.05, 3.63) is 0 Å². The van der Waals surface area contributed by atoms with Gasteiger partial charge in [-0.25, -0.2) is 0 Å². The molecule has 1 aliphatic carbocycles. The second-order valence-electron chi connectivity index (χ2n) is 9.84. The Bertz CT molecular complexity index is 288. The quantitative estimate of drug-likeness (QED) is 0.471. The molecule has 1 fully saturated rings. The first-order chi connectivity index (χ1) is 11.6. The molecule has 0 nitrogen and oxygen atoms in total. The van der Waals surface area contributed by atoms with Gasteiger partial charge in [0, 0.05) is 0 Å². The van der Waals surface area contributed by atoms with Gasteiger partial charge in [0.15, 0.2) is 0 Å². The van der Waals surface area contributed by atoms with E-state index >= 15 is 0 Å². The van der Waals surface area contributed by atoms with E-state index in [4.69, 9.17) is 0 Å². The van der Waals surface area contributed by atoms with Crippen LogP contribution >= 0.6 is 0 Å². The number of unbranched alkanes of at least 4 members (excludes halogenated alkanes) is 2. The van der Waals surface area contributed by atoms with Crippen molar-refractivity contribution >= 4 is 0 Å². The highest BCUT2D eigenvalue weighted by molar-refractivity contribution is 4.87. The summed E-state index contributed by atoms with van der Waals surface area (Å²) >= 11 is 0. The lowest BCUT2D eigenvalue weighted by Crippen LogP contribution is -2.29. The fourth-order valence-corrected chi connectivity index (χ4v) is 4.78. The Morgan fingerprint density at radius 3 is 1.72 bits per heavy atom. The minimum Gasteiger partial charge on any atom is -0.0683 e. The van der Waals surface area contributed by atoms with E-state index in [0.29, 0.717) is 10.8 Å². The van der Waals surface area contributed by atoms with Crippen molar-refractivity contribution in [3.63, 3.8) is 0 Å². The van der Waals surface area contributed by atoms with Crippen LogP contribution in [-0.4, -0.2) is 0 Å². The zero-order valence-electron chi connectivity index (χ0n) is 20.1. The molecule has 0 heterocycles. The molecule has 0 radical (unpaired) electrons. The minimum absolute atomic E-state index is 0.550. The SMILES string of the molecule is CC.CCC(C)C1(C)CC(C)CCC(C)(C)CC(C)C1.CCCCC. The molecule has 0 N–H and O–H groups in total. The lowest BCUT2D eigenvalue weighted by Gasteiger charge is -2.39. The second-order valence-corrected chi connectivity index (χ2v) is 9.84. The Balaban J connectivity index is 0. The molecule has 0 heteroatoms. The van der Waals surface area contributed by atoms with Crippen molar-refractivity contribution in [2.75, 3.05) is 0 Å². The van der Waals surface area contributed by atoms with Gasteiger partial charge in [-0.15, -0.1) is 0 Å². The first kappa shape index (κ1) is 27.2. The van der Waals surface area contributed by atoms with Crippen LogP contribution in [0.2, 0.25) is 0 Å². The molecule has 1 aliphatic rings. The summed E-state index contributed by atoms with van der Waals surface area (Å²) in [6, 6.07) is 0. The molecule has 0 aromatic rings. The molecule has 1 saturated carbocycles. The Kier molecular flexibility index (Phi) is 15.4. The maximum Gasteiger partial charge on any atom is -0.0295 e. The van der Waals surface area contributed by atoms with E-state index < -0.39 is 0 Å². The van der Waals surface area contributed by atoms with Crippen molar-refractivity contribution in [1.82, 2.24) is 0 Å². The third kappa shape index (κ3) is 12.1. The fraction of sp³-hybridized carbons (Fsp3) is 1.00. The van der Waals surface area contributed by atoms with Crippen LogP contribution in [0, 0.1) is 28.6 Å². The Morgan fingerprint density at radius 2 is 1.32 bits per heavy atom. The molecule has 154 valence electrons. The van der Waals surface area contributed by atoms with E-state index in [1.54, 1.807) is 0 Å². The van der Waals surface area contributed by atoms with E-state index in [1.165, 1.54) is 57.8 Å². The highest BCUT2D eigenvalue weighted by Crippen LogP contribution is 2.47. The summed E-state index contributed by atoms with van der Waals surface area (Å²) in [5.41, 5.74) is 1.11. The average molecular weight is 355 g/mol. The zero-order chi connectivity index (χ0) is 20.1. The van der Waals surface area contributed by atoms with Gasteiger partial charge in [0.1, 0.15) is 0 Å². The third-order valence-electron chi connectivity index (χ3n) is 6.35. The molecular formula is C25H54. The molecule has 1 rings (SSSR count). The molecule has 4 atom stereocenters. The van der Waals surface area contributed by atoms with Crippen LogP contribution in [0.4, 0.5) is 0 Å². The van der Waals surface area contributed by atoms with Crippen molar-refractivity contribution in [3.8, 4) is 0 Å². The summed E-state index contributed by atoms with van der Waals surface area (Å²) in [7, 11) is 0. The molecule has 0 aromatic carbocycles. The Labute approximate surface area is 163 Å². The van der Waals surface area contributed by atoms with Crippen LogP contribution < -0.4 is 0 Å². The van der Waals surface area contributed by atoms with Gasteiger partial charge in [0.25, 0.3) is 0 Å². The first-order valence-corrected chi connectivity index (χ1v) is 11.6. The van der Waals surface area contributed by atoms with Gasteiger partial charge in [0.2, 0.25) is 0 Å². The van der Waals surface area contributed by atoms with Crippen molar-refractivity contribution < 1.29 is 0 Å². The molecule has 0 aliphatic heterocycles. The summed E-state index contributed by atoms with van der Waals surface area (Å²) in [6.45, 7) is 25.7. The number of hydrogen-bond donors (Lipinski definition) is 0. The summed E-state index contributed by atoms with van der Waals surface area (Å²) in [5.74, 6) is 2.64. The van der Waals surface area contributed by atoms with Crippen LogP contribution in [0.25, 0.3) is 0 Å². The third-order valence-corrected chi connectivity index (χ3v) is 6.35. The van der Waals surface area contributed by atoms with E-state index in [-0.39, 0.29) is 0 Å². The van der Waals surface area contributed by atoms with E-state index in [1.807, 2.05) is 13.8 Å². The van der Waals surface area contributed by atoms with Crippen LogP contribution in [-0.2, 0) is 0 Å². The van der Waals surface area contributed by atoms with E-state index in [0.717, 1.165) is 17.8 Å². The van der Waals surface area contributed by atoms with Crippen molar-refractivity contribution in [2.45, 2.75) is 134 Å². The monoisotopic (exact) mass is 354 g/mol. The van der Waals surface area contributed by atoms with Gasteiger partial charge in [-0.1, -0.05) is 108 Å². The van der Waals surface area contributed by atoms with Gasteiger partial charge in [-0.3, -0.25) is 0 Å². The lowest BCUT2D eigenvalue weighted by atomic mass is 9.66. The topological polar surface area (TPSA) is 0 Å². The molecule has 25 heavy (non-hydrogen) atoms. The molecule has 0 aromatic heterocycles. The first-order valence-electron chi connectivity index (χ1n) is 11.6. The summed E-state index contributed by atoms with van der Waals surface area (Å²) in [5, 5.41) is 0. The molecule has 0 bridgehead atoms. The molecular weight excluding hydrogens is 300 g/mol. The largest absolute Gasteiger partial charge is 0.0683 e. The molecule has 0 amide bonds. The van der Waals surface area contributed by atoms with Gasteiger partial charge in [-0.05, 0) is 54.3 Å². The normalized spacial score (nSPS) is 30.4.